The Bertz CT molecular complexity index is 602. The van der Waals surface area contributed by atoms with Gasteiger partial charge in [-0.15, -0.1) is 35.3 Å². The van der Waals surface area contributed by atoms with Crippen LogP contribution in [-0.2, 0) is 17.5 Å². The summed E-state index contributed by atoms with van der Waals surface area (Å²) in [7, 11) is 1.53. The lowest BCUT2D eigenvalue weighted by atomic mass is 9.95. The summed E-state index contributed by atoms with van der Waals surface area (Å²) >= 11 is 0.921. The van der Waals surface area contributed by atoms with Crippen LogP contribution in [0.1, 0.15) is 42.8 Å². The van der Waals surface area contributed by atoms with Crippen LogP contribution in [0.5, 0.6) is 0 Å². The summed E-state index contributed by atoms with van der Waals surface area (Å²) in [5.74, 6) is 0.214. The predicted octanol–water partition coefficient (Wildman–Crippen LogP) is 2.89. The van der Waals surface area contributed by atoms with E-state index >= 15 is 0 Å². The normalized spacial score (nSPS) is 15.9. The maximum atomic E-state index is 12.5. The average molecular weight is 505 g/mol. The number of carbonyl (C=O) groups excluding carboxylic acids is 1. The van der Waals surface area contributed by atoms with E-state index in [9.17, 15) is 18.0 Å². The molecule has 0 bridgehead atoms. The van der Waals surface area contributed by atoms with Crippen LogP contribution in [0.15, 0.2) is 10.4 Å². The third kappa shape index (κ3) is 7.64. The summed E-state index contributed by atoms with van der Waals surface area (Å²) in [5.41, 5.74) is -0.899. The van der Waals surface area contributed by atoms with Crippen molar-refractivity contribution in [3.05, 3.63) is 16.1 Å². The van der Waals surface area contributed by atoms with Gasteiger partial charge in [0.2, 0.25) is 5.91 Å². The van der Waals surface area contributed by atoms with E-state index in [2.05, 4.69) is 25.9 Å². The van der Waals surface area contributed by atoms with Gasteiger partial charge in [0.1, 0.15) is 5.01 Å². The molecular formula is C15H23F3IN5OS. The van der Waals surface area contributed by atoms with Crippen molar-refractivity contribution in [2.75, 3.05) is 13.6 Å². The minimum atomic E-state index is -4.44. The Morgan fingerprint density at radius 2 is 2.00 bits per heavy atom. The van der Waals surface area contributed by atoms with Crippen molar-refractivity contribution in [3.63, 3.8) is 0 Å². The standard InChI is InChI=1S/C15H22F3N5OS.HI/c1-19-14(20-7-12(24)22-10-5-3-2-4-6-10)21-8-13-23-11(9-25-13)15(16,17)18;/h9-10H,2-8H2,1H3,(H,22,24)(H2,19,20,21);1H. The Morgan fingerprint density at radius 3 is 2.58 bits per heavy atom. The number of hydrogen-bond acceptors (Lipinski definition) is 4. The van der Waals surface area contributed by atoms with Crippen molar-refractivity contribution in [1.82, 2.24) is 20.9 Å². The number of nitrogens with one attached hydrogen (secondary N) is 3. The lowest BCUT2D eigenvalue weighted by molar-refractivity contribution is -0.140. The van der Waals surface area contributed by atoms with E-state index in [1.165, 1.54) is 13.5 Å². The van der Waals surface area contributed by atoms with Gasteiger partial charge < -0.3 is 16.0 Å². The highest BCUT2D eigenvalue weighted by Crippen LogP contribution is 2.29. The molecule has 148 valence electrons. The molecule has 1 aromatic rings. The number of hydrogen-bond donors (Lipinski definition) is 3. The number of aliphatic imine (C=N–C) groups is 1. The van der Waals surface area contributed by atoms with Crippen LogP contribution in [0.3, 0.4) is 0 Å². The Balaban J connectivity index is 0.00000338. The number of thiazole rings is 1. The largest absolute Gasteiger partial charge is 0.434 e. The van der Waals surface area contributed by atoms with E-state index in [4.69, 9.17) is 0 Å². The third-order valence-electron chi connectivity index (χ3n) is 3.86. The summed E-state index contributed by atoms with van der Waals surface area (Å²) in [5, 5.41) is 9.94. The van der Waals surface area contributed by atoms with Gasteiger partial charge in [0.15, 0.2) is 11.7 Å². The molecule has 3 N–H and O–H groups in total. The molecule has 0 aromatic carbocycles. The zero-order valence-electron chi connectivity index (χ0n) is 14.4. The molecule has 0 unspecified atom stereocenters. The summed E-state index contributed by atoms with van der Waals surface area (Å²) in [6, 6.07) is 0.231. The van der Waals surface area contributed by atoms with Crippen molar-refractivity contribution in [3.8, 4) is 0 Å². The Morgan fingerprint density at radius 1 is 1.31 bits per heavy atom. The smallest absolute Gasteiger partial charge is 0.352 e. The van der Waals surface area contributed by atoms with Crippen LogP contribution >= 0.6 is 35.3 Å². The number of alkyl halides is 3. The van der Waals surface area contributed by atoms with E-state index in [0.717, 1.165) is 42.4 Å². The first-order chi connectivity index (χ1) is 11.9. The molecule has 0 spiro atoms. The maximum Gasteiger partial charge on any atom is 0.434 e. The fourth-order valence-corrected chi connectivity index (χ4v) is 3.33. The van der Waals surface area contributed by atoms with Crippen molar-refractivity contribution < 1.29 is 18.0 Å². The van der Waals surface area contributed by atoms with Crippen LogP contribution in [-0.4, -0.2) is 36.5 Å². The van der Waals surface area contributed by atoms with Crippen molar-refractivity contribution in [2.24, 2.45) is 4.99 Å². The van der Waals surface area contributed by atoms with Gasteiger partial charge in [-0.05, 0) is 12.8 Å². The van der Waals surface area contributed by atoms with Gasteiger partial charge in [-0.2, -0.15) is 13.2 Å². The molecule has 1 aliphatic carbocycles. The fourth-order valence-electron chi connectivity index (χ4n) is 2.59. The predicted molar refractivity (Wildman–Crippen MR) is 106 cm³/mol. The fraction of sp³-hybridized carbons (Fsp3) is 0.667. The zero-order chi connectivity index (χ0) is 18.3. The molecule has 1 aromatic heterocycles. The van der Waals surface area contributed by atoms with Crippen LogP contribution in [0.2, 0.25) is 0 Å². The summed E-state index contributed by atoms with van der Waals surface area (Å²) in [4.78, 5) is 19.4. The number of carbonyl (C=O) groups is 1. The van der Waals surface area contributed by atoms with Gasteiger partial charge in [0.25, 0.3) is 0 Å². The van der Waals surface area contributed by atoms with Crippen molar-refractivity contribution in [2.45, 2.75) is 50.9 Å². The first-order valence-electron chi connectivity index (χ1n) is 8.14. The molecule has 0 atom stereocenters. The second-order valence-corrected chi connectivity index (χ2v) is 6.75. The summed E-state index contributed by atoms with van der Waals surface area (Å²) in [6.45, 7) is 0.159. The Hall–Kier alpha value is -1.11. The molecule has 6 nitrogen and oxygen atoms in total. The van der Waals surface area contributed by atoms with Crippen LogP contribution < -0.4 is 16.0 Å². The van der Waals surface area contributed by atoms with Gasteiger partial charge in [0.05, 0.1) is 13.1 Å². The van der Waals surface area contributed by atoms with Gasteiger partial charge in [-0.25, -0.2) is 4.98 Å². The first-order valence-corrected chi connectivity index (χ1v) is 9.02. The van der Waals surface area contributed by atoms with E-state index in [1.54, 1.807) is 0 Å². The van der Waals surface area contributed by atoms with Gasteiger partial charge in [-0.3, -0.25) is 9.79 Å². The highest BCUT2D eigenvalue weighted by molar-refractivity contribution is 14.0. The second-order valence-electron chi connectivity index (χ2n) is 5.81. The number of aromatic nitrogens is 1. The molecule has 0 saturated heterocycles. The number of guanidine groups is 1. The SMILES string of the molecule is CN=C(NCC(=O)NC1CCCCC1)NCc1nc(C(F)(F)F)cs1.I. The van der Waals surface area contributed by atoms with Crippen LogP contribution in [0.25, 0.3) is 0 Å². The Labute approximate surface area is 171 Å². The first kappa shape index (κ1) is 22.9. The Kier molecular flexibility index (Phi) is 9.61. The molecule has 1 saturated carbocycles. The zero-order valence-corrected chi connectivity index (χ0v) is 17.5. The molecule has 1 heterocycles. The molecular weight excluding hydrogens is 482 g/mol. The topological polar surface area (TPSA) is 78.4 Å². The molecule has 1 aliphatic rings. The number of amides is 1. The maximum absolute atomic E-state index is 12.5. The lowest BCUT2D eigenvalue weighted by Gasteiger charge is -2.23. The monoisotopic (exact) mass is 505 g/mol. The molecule has 1 amide bonds. The minimum absolute atomic E-state index is 0. The van der Waals surface area contributed by atoms with Gasteiger partial charge >= 0.3 is 6.18 Å². The minimum Gasteiger partial charge on any atom is -0.352 e. The molecule has 0 radical (unpaired) electrons. The van der Waals surface area contributed by atoms with E-state index in [0.29, 0.717) is 11.0 Å². The van der Waals surface area contributed by atoms with Gasteiger partial charge in [0, 0.05) is 18.5 Å². The highest BCUT2D eigenvalue weighted by Gasteiger charge is 2.33. The summed E-state index contributed by atoms with van der Waals surface area (Å²) in [6.07, 6.45) is 1.05. The number of rotatable bonds is 5. The molecule has 26 heavy (non-hydrogen) atoms. The van der Waals surface area contributed by atoms with E-state index in [-0.39, 0.29) is 49.0 Å². The third-order valence-corrected chi connectivity index (χ3v) is 4.71. The second kappa shape index (κ2) is 10.9. The number of halogens is 4. The highest BCUT2D eigenvalue weighted by atomic mass is 127. The lowest BCUT2D eigenvalue weighted by Crippen LogP contribution is -2.45. The van der Waals surface area contributed by atoms with Crippen LogP contribution in [0, 0.1) is 0 Å². The molecule has 2 rings (SSSR count). The average Bonchev–Trinajstić information content (AvgIpc) is 3.05. The van der Waals surface area contributed by atoms with E-state index in [1.807, 2.05) is 0 Å². The molecule has 0 aliphatic heterocycles. The van der Waals surface area contributed by atoms with Crippen molar-refractivity contribution >= 4 is 47.2 Å². The quantitative estimate of drug-likeness (QED) is 0.327. The molecule has 1 fully saturated rings. The van der Waals surface area contributed by atoms with E-state index < -0.39 is 11.9 Å². The van der Waals surface area contributed by atoms with Crippen LogP contribution in [0.4, 0.5) is 13.2 Å². The van der Waals surface area contributed by atoms with Gasteiger partial charge in [-0.1, -0.05) is 19.3 Å². The summed E-state index contributed by atoms with van der Waals surface area (Å²) < 4.78 is 37.5. The van der Waals surface area contributed by atoms with Crippen molar-refractivity contribution in [1.29, 1.82) is 0 Å². The molecule has 11 heteroatoms. The number of nitrogens with zero attached hydrogens (tertiary/aromatic N) is 2.